The molecule has 1 atom stereocenters. The van der Waals surface area contributed by atoms with E-state index in [2.05, 4.69) is 0 Å². The van der Waals surface area contributed by atoms with Gasteiger partial charge in [-0.1, -0.05) is 0 Å². The Morgan fingerprint density at radius 3 is 2.15 bits per heavy atom. The van der Waals surface area contributed by atoms with Crippen LogP contribution in [0.2, 0.25) is 0 Å². The van der Waals surface area contributed by atoms with E-state index in [0.717, 1.165) is 0 Å². The number of likely N-dealkylation sites (tertiary alicyclic amines) is 1. The van der Waals surface area contributed by atoms with Gasteiger partial charge in [-0.2, -0.15) is 0 Å². The standard InChI is InChI=1S/C14H15NO5/c1-14(13(19)20)7-2-8-15(14)11(16)9-3-5-10(6-4-9)12(17)18/h3-6H,2,7-8H2,1H3,(H,17,18)(H,19,20)/t14-/m0/s1. The largest absolute Gasteiger partial charge is 0.480 e. The molecule has 1 fully saturated rings. The Labute approximate surface area is 115 Å². The molecule has 0 radical (unpaired) electrons. The van der Waals surface area contributed by atoms with Gasteiger partial charge in [-0.15, -0.1) is 0 Å². The molecule has 1 aromatic rings. The molecular formula is C14H15NO5. The predicted octanol–water partition coefficient (Wildman–Crippen LogP) is 1.46. The van der Waals surface area contributed by atoms with Crippen LogP contribution in [0.4, 0.5) is 0 Å². The van der Waals surface area contributed by atoms with Crippen LogP contribution in [0.3, 0.4) is 0 Å². The molecule has 0 bridgehead atoms. The molecule has 0 aliphatic carbocycles. The number of carbonyl (C=O) groups excluding carboxylic acids is 1. The van der Waals surface area contributed by atoms with Crippen molar-refractivity contribution >= 4 is 17.8 Å². The van der Waals surface area contributed by atoms with Gasteiger partial charge >= 0.3 is 11.9 Å². The number of aliphatic carboxylic acids is 1. The molecule has 2 N–H and O–H groups in total. The minimum atomic E-state index is -1.19. The highest BCUT2D eigenvalue weighted by atomic mass is 16.4. The number of benzene rings is 1. The third kappa shape index (κ3) is 2.24. The van der Waals surface area contributed by atoms with Crippen LogP contribution in [0.1, 0.15) is 40.5 Å². The number of carboxylic acids is 2. The second-order valence-electron chi connectivity index (χ2n) is 5.02. The Morgan fingerprint density at radius 2 is 1.65 bits per heavy atom. The van der Waals surface area contributed by atoms with E-state index in [1.165, 1.54) is 36.1 Å². The maximum Gasteiger partial charge on any atom is 0.335 e. The topological polar surface area (TPSA) is 94.9 Å². The van der Waals surface area contributed by atoms with Crippen LogP contribution in [0.25, 0.3) is 0 Å². The Kier molecular flexibility index (Phi) is 3.48. The smallest absolute Gasteiger partial charge is 0.335 e. The lowest BCUT2D eigenvalue weighted by Gasteiger charge is -2.31. The number of amides is 1. The van der Waals surface area contributed by atoms with Crippen LogP contribution in [0.15, 0.2) is 24.3 Å². The molecular weight excluding hydrogens is 262 g/mol. The highest BCUT2D eigenvalue weighted by Gasteiger charge is 2.46. The minimum Gasteiger partial charge on any atom is -0.480 e. The van der Waals surface area contributed by atoms with E-state index in [0.29, 0.717) is 24.9 Å². The Hall–Kier alpha value is -2.37. The third-order valence-corrected chi connectivity index (χ3v) is 3.73. The van der Waals surface area contributed by atoms with E-state index in [-0.39, 0.29) is 11.5 Å². The minimum absolute atomic E-state index is 0.0870. The molecule has 1 aliphatic heterocycles. The molecule has 1 heterocycles. The summed E-state index contributed by atoms with van der Waals surface area (Å²) in [5.41, 5.74) is -0.809. The highest BCUT2D eigenvalue weighted by Crippen LogP contribution is 2.30. The van der Waals surface area contributed by atoms with E-state index < -0.39 is 17.5 Å². The van der Waals surface area contributed by atoms with Crippen molar-refractivity contribution < 1.29 is 24.6 Å². The quantitative estimate of drug-likeness (QED) is 0.872. The molecule has 106 valence electrons. The molecule has 0 aromatic heterocycles. The van der Waals surface area contributed by atoms with Crippen molar-refractivity contribution in [3.63, 3.8) is 0 Å². The van der Waals surface area contributed by atoms with Crippen molar-refractivity contribution in [1.82, 2.24) is 4.90 Å². The van der Waals surface area contributed by atoms with Gasteiger partial charge in [0.25, 0.3) is 5.91 Å². The number of carbonyl (C=O) groups is 3. The average Bonchev–Trinajstić information content (AvgIpc) is 2.81. The molecule has 6 nitrogen and oxygen atoms in total. The van der Waals surface area contributed by atoms with E-state index in [9.17, 15) is 19.5 Å². The summed E-state index contributed by atoms with van der Waals surface area (Å²) in [5, 5.41) is 18.1. The van der Waals surface area contributed by atoms with Gasteiger partial charge < -0.3 is 15.1 Å². The van der Waals surface area contributed by atoms with Crippen molar-refractivity contribution in [3.05, 3.63) is 35.4 Å². The first kappa shape index (κ1) is 14.0. The van der Waals surface area contributed by atoms with Crippen LogP contribution in [0, 0.1) is 0 Å². The second kappa shape index (κ2) is 4.96. The Bertz CT molecular complexity index is 565. The molecule has 6 heteroatoms. The normalized spacial score (nSPS) is 21.8. The number of aromatic carboxylic acids is 1. The molecule has 1 amide bonds. The van der Waals surface area contributed by atoms with Gasteiger partial charge in [0.15, 0.2) is 0 Å². The second-order valence-corrected chi connectivity index (χ2v) is 5.02. The summed E-state index contributed by atoms with van der Waals surface area (Å²) in [6.07, 6.45) is 1.06. The van der Waals surface area contributed by atoms with Crippen molar-refractivity contribution in [2.24, 2.45) is 0 Å². The summed E-state index contributed by atoms with van der Waals surface area (Å²) >= 11 is 0. The van der Waals surface area contributed by atoms with Gasteiger partial charge in [0, 0.05) is 12.1 Å². The lowest BCUT2D eigenvalue weighted by atomic mass is 9.98. The zero-order valence-electron chi connectivity index (χ0n) is 11.0. The van der Waals surface area contributed by atoms with E-state index in [4.69, 9.17) is 5.11 Å². The van der Waals surface area contributed by atoms with Crippen molar-refractivity contribution in [3.8, 4) is 0 Å². The fourth-order valence-corrected chi connectivity index (χ4v) is 2.42. The molecule has 1 aromatic carbocycles. The van der Waals surface area contributed by atoms with Crippen LogP contribution < -0.4 is 0 Å². The van der Waals surface area contributed by atoms with Crippen LogP contribution in [0.5, 0.6) is 0 Å². The molecule has 0 unspecified atom stereocenters. The molecule has 0 spiro atoms. The monoisotopic (exact) mass is 277 g/mol. The number of carboxylic acid groups (broad SMARTS) is 2. The molecule has 1 aliphatic rings. The van der Waals surface area contributed by atoms with Gasteiger partial charge in [-0.3, -0.25) is 4.79 Å². The summed E-state index contributed by atoms with van der Waals surface area (Å²) < 4.78 is 0. The highest BCUT2D eigenvalue weighted by molar-refractivity contribution is 5.99. The van der Waals surface area contributed by atoms with Crippen molar-refractivity contribution in [2.45, 2.75) is 25.3 Å². The van der Waals surface area contributed by atoms with Gasteiger partial charge in [0.05, 0.1) is 5.56 Å². The summed E-state index contributed by atoms with van der Waals surface area (Å²) in [4.78, 5) is 35.8. The zero-order chi connectivity index (χ0) is 14.9. The summed E-state index contributed by atoms with van der Waals surface area (Å²) in [5.74, 6) is -2.48. The van der Waals surface area contributed by atoms with E-state index in [1.54, 1.807) is 0 Å². The predicted molar refractivity (Wildman–Crippen MR) is 69.7 cm³/mol. The van der Waals surface area contributed by atoms with Crippen LogP contribution >= 0.6 is 0 Å². The molecule has 0 saturated carbocycles. The molecule has 2 rings (SSSR count). The van der Waals surface area contributed by atoms with Gasteiger partial charge in [-0.25, -0.2) is 9.59 Å². The van der Waals surface area contributed by atoms with Gasteiger partial charge in [0.1, 0.15) is 5.54 Å². The summed E-state index contributed by atoms with van der Waals surface area (Å²) in [7, 11) is 0. The lowest BCUT2D eigenvalue weighted by Crippen LogP contribution is -2.50. The molecule has 1 saturated heterocycles. The average molecular weight is 277 g/mol. The molecule has 20 heavy (non-hydrogen) atoms. The Morgan fingerprint density at radius 1 is 1.10 bits per heavy atom. The maximum absolute atomic E-state index is 12.4. The van der Waals surface area contributed by atoms with Crippen molar-refractivity contribution in [1.29, 1.82) is 0 Å². The maximum atomic E-state index is 12.4. The first-order valence-corrected chi connectivity index (χ1v) is 6.25. The number of nitrogens with zero attached hydrogens (tertiary/aromatic N) is 1. The number of rotatable bonds is 3. The summed E-state index contributed by atoms with van der Waals surface area (Å²) in [6, 6.07) is 5.49. The lowest BCUT2D eigenvalue weighted by molar-refractivity contribution is -0.147. The fraction of sp³-hybridized carbons (Fsp3) is 0.357. The van der Waals surface area contributed by atoms with Crippen LogP contribution in [-0.4, -0.2) is 45.0 Å². The van der Waals surface area contributed by atoms with E-state index in [1.807, 2.05) is 0 Å². The fourth-order valence-electron chi connectivity index (χ4n) is 2.42. The zero-order valence-corrected chi connectivity index (χ0v) is 11.0. The SMILES string of the molecule is C[C@@]1(C(=O)O)CCCN1C(=O)c1ccc(C(=O)O)cc1. The van der Waals surface area contributed by atoms with Gasteiger partial charge in [-0.05, 0) is 44.0 Å². The third-order valence-electron chi connectivity index (χ3n) is 3.73. The van der Waals surface area contributed by atoms with Crippen molar-refractivity contribution in [2.75, 3.05) is 6.54 Å². The van der Waals surface area contributed by atoms with Gasteiger partial charge in [0.2, 0.25) is 0 Å². The summed E-state index contributed by atoms with van der Waals surface area (Å²) in [6.45, 7) is 1.92. The number of hydrogen-bond acceptors (Lipinski definition) is 3. The number of hydrogen-bond donors (Lipinski definition) is 2. The first-order chi connectivity index (χ1) is 9.36. The van der Waals surface area contributed by atoms with E-state index >= 15 is 0 Å². The Balaban J connectivity index is 2.27. The van der Waals surface area contributed by atoms with Crippen LogP contribution in [-0.2, 0) is 4.79 Å². The first-order valence-electron chi connectivity index (χ1n) is 6.25.